The average molecular weight is 364 g/mol. The molecule has 0 aliphatic carbocycles. The summed E-state index contributed by atoms with van der Waals surface area (Å²) < 4.78 is 5.71. The van der Waals surface area contributed by atoms with Gasteiger partial charge in [0.1, 0.15) is 5.69 Å². The quantitative estimate of drug-likeness (QED) is 0.417. The van der Waals surface area contributed by atoms with E-state index in [-0.39, 0.29) is 0 Å². The van der Waals surface area contributed by atoms with E-state index in [2.05, 4.69) is 102 Å². The van der Waals surface area contributed by atoms with Crippen LogP contribution in [0.3, 0.4) is 0 Å². The van der Waals surface area contributed by atoms with Crippen molar-refractivity contribution in [3.05, 3.63) is 101 Å². The number of nitrogens with zero attached hydrogens (tertiary/aromatic N) is 2. The largest absolute Gasteiger partial charge is 0.359 e. The zero-order chi connectivity index (χ0) is 18.9. The lowest BCUT2D eigenvalue weighted by molar-refractivity contribution is 0.386. The van der Waals surface area contributed by atoms with Gasteiger partial charge in [-0.15, -0.1) is 0 Å². The fourth-order valence-corrected chi connectivity index (χ4v) is 3.63. The fraction of sp³-hybridized carbons (Fsp3) is 0.0800. The van der Waals surface area contributed by atoms with Crippen molar-refractivity contribution in [2.45, 2.75) is 13.5 Å². The van der Waals surface area contributed by atoms with Crippen molar-refractivity contribution in [3.8, 4) is 11.3 Å². The Kier molecular flexibility index (Phi) is 4.06. The highest BCUT2D eigenvalue weighted by Crippen LogP contribution is 2.37. The molecule has 0 fully saturated rings. The first-order chi connectivity index (χ1) is 13.8. The highest BCUT2D eigenvalue weighted by atomic mass is 16.5. The molecule has 3 heteroatoms. The van der Waals surface area contributed by atoms with Crippen LogP contribution in [0, 0.1) is 6.92 Å². The molecule has 0 atom stereocenters. The lowest BCUT2D eigenvalue weighted by Crippen LogP contribution is -2.17. The Morgan fingerprint density at radius 2 is 1.39 bits per heavy atom. The van der Waals surface area contributed by atoms with E-state index in [0.29, 0.717) is 6.54 Å². The van der Waals surface area contributed by atoms with Crippen LogP contribution in [-0.4, -0.2) is 5.16 Å². The van der Waals surface area contributed by atoms with Gasteiger partial charge in [0, 0.05) is 23.0 Å². The zero-order valence-corrected chi connectivity index (χ0v) is 15.7. The smallest absolute Gasteiger partial charge is 0.157 e. The first kappa shape index (κ1) is 16.6. The van der Waals surface area contributed by atoms with Crippen molar-refractivity contribution in [3.63, 3.8) is 0 Å². The van der Waals surface area contributed by atoms with Gasteiger partial charge in [-0.05, 0) is 30.2 Å². The van der Waals surface area contributed by atoms with Gasteiger partial charge < -0.3 is 9.42 Å². The minimum Gasteiger partial charge on any atom is -0.359 e. The van der Waals surface area contributed by atoms with Gasteiger partial charge >= 0.3 is 0 Å². The Balaban J connectivity index is 1.53. The third kappa shape index (κ3) is 3.01. The highest BCUT2D eigenvalue weighted by Gasteiger charge is 2.19. The molecule has 5 rings (SSSR count). The highest BCUT2D eigenvalue weighted by molar-refractivity contribution is 5.88. The van der Waals surface area contributed by atoms with Gasteiger partial charge in [-0.1, -0.05) is 83.5 Å². The second-order valence-corrected chi connectivity index (χ2v) is 7.08. The summed E-state index contributed by atoms with van der Waals surface area (Å²) in [6, 6.07) is 27.3. The summed E-state index contributed by atoms with van der Waals surface area (Å²) in [6.07, 6.45) is 4.35. The molecular formula is C25H20N2O. The standard InChI is InChI=1S/C25H20N2O/c1-18-10-12-19(13-11-18)23-16-22(28-26-23)17-27-24-8-4-2-6-20(24)14-15-21-7-3-5-9-25(21)27/h2-16H,17H2,1H3. The first-order valence-electron chi connectivity index (χ1n) is 9.44. The molecule has 1 aliphatic heterocycles. The molecule has 0 unspecified atom stereocenters. The van der Waals surface area contributed by atoms with Gasteiger partial charge in [-0.25, -0.2) is 0 Å². The van der Waals surface area contributed by atoms with E-state index in [1.54, 1.807) is 0 Å². The van der Waals surface area contributed by atoms with E-state index in [4.69, 9.17) is 4.52 Å². The van der Waals surface area contributed by atoms with Crippen molar-refractivity contribution < 1.29 is 4.52 Å². The summed E-state index contributed by atoms with van der Waals surface area (Å²) in [5.74, 6) is 0.835. The van der Waals surface area contributed by atoms with Crippen LogP contribution < -0.4 is 4.90 Å². The molecule has 2 heterocycles. The molecule has 1 aromatic heterocycles. The Bertz CT molecular complexity index is 1110. The van der Waals surface area contributed by atoms with Crippen LogP contribution in [0.2, 0.25) is 0 Å². The van der Waals surface area contributed by atoms with E-state index < -0.39 is 0 Å². The van der Waals surface area contributed by atoms with Crippen molar-refractivity contribution in [1.29, 1.82) is 0 Å². The molecule has 3 nitrogen and oxygen atoms in total. The average Bonchev–Trinajstić information content (AvgIpc) is 3.14. The lowest BCUT2D eigenvalue weighted by Gasteiger charge is -2.25. The van der Waals surface area contributed by atoms with Gasteiger partial charge in [-0.3, -0.25) is 0 Å². The molecular weight excluding hydrogens is 344 g/mol. The first-order valence-corrected chi connectivity index (χ1v) is 9.44. The van der Waals surface area contributed by atoms with Crippen LogP contribution in [0.25, 0.3) is 23.4 Å². The van der Waals surface area contributed by atoms with Crippen LogP contribution >= 0.6 is 0 Å². The van der Waals surface area contributed by atoms with E-state index in [1.165, 1.54) is 16.7 Å². The van der Waals surface area contributed by atoms with Crippen molar-refractivity contribution in [2.24, 2.45) is 0 Å². The molecule has 136 valence electrons. The van der Waals surface area contributed by atoms with E-state index in [9.17, 15) is 0 Å². The number of rotatable bonds is 3. The Morgan fingerprint density at radius 3 is 2.04 bits per heavy atom. The van der Waals surface area contributed by atoms with Gasteiger partial charge in [0.25, 0.3) is 0 Å². The van der Waals surface area contributed by atoms with E-state index >= 15 is 0 Å². The third-order valence-electron chi connectivity index (χ3n) is 5.12. The predicted octanol–water partition coefficient (Wildman–Crippen LogP) is 6.47. The number of hydrogen-bond acceptors (Lipinski definition) is 3. The number of hydrogen-bond donors (Lipinski definition) is 0. The van der Waals surface area contributed by atoms with Crippen LogP contribution in [0.5, 0.6) is 0 Å². The van der Waals surface area contributed by atoms with Crippen LogP contribution in [0.4, 0.5) is 11.4 Å². The maximum absolute atomic E-state index is 5.71. The maximum atomic E-state index is 5.71. The number of aryl methyl sites for hydroxylation is 1. The van der Waals surface area contributed by atoms with Crippen LogP contribution in [-0.2, 0) is 6.54 Å². The number of aromatic nitrogens is 1. The van der Waals surface area contributed by atoms with Crippen LogP contribution in [0.15, 0.2) is 83.4 Å². The summed E-state index contributed by atoms with van der Waals surface area (Å²) >= 11 is 0. The molecule has 0 radical (unpaired) electrons. The molecule has 28 heavy (non-hydrogen) atoms. The summed E-state index contributed by atoms with van der Waals surface area (Å²) in [7, 11) is 0. The number of benzene rings is 3. The minimum absolute atomic E-state index is 0.620. The molecule has 0 saturated heterocycles. The second-order valence-electron chi connectivity index (χ2n) is 7.08. The van der Waals surface area contributed by atoms with Crippen molar-refractivity contribution >= 4 is 23.5 Å². The topological polar surface area (TPSA) is 29.3 Å². The summed E-state index contributed by atoms with van der Waals surface area (Å²) in [5.41, 5.74) is 7.88. The van der Waals surface area contributed by atoms with Crippen molar-refractivity contribution in [2.75, 3.05) is 4.90 Å². The fourth-order valence-electron chi connectivity index (χ4n) is 3.63. The Labute approximate surface area is 164 Å². The Morgan fingerprint density at radius 1 is 0.786 bits per heavy atom. The van der Waals surface area contributed by atoms with E-state index in [0.717, 1.165) is 28.4 Å². The van der Waals surface area contributed by atoms with Gasteiger partial charge in [0.05, 0.1) is 6.54 Å². The maximum Gasteiger partial charge on any atom is 0.157 e. The normalized spacial score (nSPS) is 12.4. The number of anilines is 2. The summed E-state index contributed by atoms with van der Waals surface area (Å²) in [6.45, 7) is 2.70. The molecule has 0 spiro atoms. The second kappa shape index (κ2) is 6.86. The summed E-state index contributed by atoms with van der Waals surface area (Å²) in [4.78, 5) is 2.30. The van der Waals surface area contributed by atoms with Crippen molar-refractivity contribution in [1.82, 2.24) is 5.16 Å². The SMILES string of the molecule is Cc1ccc(-c2cc(CN3c4ccccc4C=Cc4ccccc43)on2)cc1. The molecule has 1 aliphatic rings. The molecule has 0 saturated carbocycles. The van der Waals surface area contributed by atoms with Gasteiger partial charge in [0.15, 0.2) is 5.76 Å². The molecule has 3 aromatic carbocycles. The number of para-hydroxylation sites is 2. The lowest BCUT2D eigenvalue weighted by atomic mass is 10.1. The number of fused-ring (bicyclic) bond motifs is 2. The monoisotopic (exact) mass is 364 g/mol. The van der Waals surface area contributed by atoms with Gasteiger partial charge in [0.2, 0.25) is 0 Å². The molecule has 4 aromatic rings. The Hall–Kier alpha value is -3.59. The summed E-state index contributed by atoms with van der Waals surface area (Å²) in [5, 5.41) is 4.30. The van der Waals surface area contributed by atoms with Crippen LogP contribution in [0.1, 0.15) is 22.5 Å². The van der Waals surface area contributed by atoms with E-state index in [1.807, 2.05) is 6.07 Å². The molecule has 0 amide bonds. The minimum atomic E-state index is 0.620. The molecule has 0 bridgehead atoms. The third-order valence-corrected chi connectivity index (χ3v) is 5.12. The molecule has 0 N–H and O–H groups in total. The zero-order valence-electron chi connectivity index (χ0n) is 15.7. The van der Waals surface area contributed by atoms with Gasteiger partial charge in [-0.2, -0.15) is 0 Å². The predicted molar refractivity (Wildman–Crippen MR) is 114 cm³/mol.